The average molecular weight is 569 g/mol. The molecule has 31 heavy (non-hydrogen) atoms. The van der Waals surface area contributed by atoms with Crippen molar-refractivity contribution in [3.05, 3.63) is 46.4 Å². The van der Waals surface area contributed by atoms with E-state index in [9.17, 15) is 33.7 Å². The van der Waals surface area contributed by atoms with Crippen molar-refractivity contribution >= 4 is 63.7 Å². The Balaban J connectivity index is 0. The van der Waals surface area contributed by atoms with Gasteiger partial charge in [0, 0.05) is 0 Å². The van der Waals surface area contributed by atoms with Gasteiger partial charge in [-0.25, -0.2) is 0 Å². The molecule has 0 aliphatic rings. The van der Waals surface area contributed by atoms with Crippen molar-refractivity contribution in [1.82, 2.24) is 0 Å². The summed E-state index contributed by atoms with van der Waals surface area (Å²) >= 11 is 10.8. The first-order valence-electron chi connectivity index (χ1n) is 6.73. The van der Waals surface area contributed by atoms with E-state index in [1.165, 1.54) is 0 Å². The average Bonchev–Trinajstić information content (AvgIpc) is 2.51. The van der Waals surface area contributed by atoms with E-state index in [1.54, 1.807) is 0 Å². The Labute approximate surface area is 211 Å². The van der Waals surface area contributed by atoms with Crippen LogP contribution in [0.3, 0.4) is 0 Å². The molecular formula is C12H11Cl2NaO12S4. The second-order valence-electron chi connectivity index (χ2n) is 5.08. The number of rotatable bonds is 4. The molecular weight excluding hydrogens is 558 g/mol. The molecule has 2 aromatic rings. The standard InChI is InChI=1S/2C6H5ClO6S2.Na.H/c2*7-5-2-1-4(14(8,9)10)3-6(5)15(11,12)13;;/h2*1-3H,(H,8,9,10)(H,11,12,13);;/q;;+1;-1. The van der Waals surface area contributed by atoms with E-state index in [0.717, 1.165) is 24.3 Å². The first-order chi connectivity index (χ1) is 13.2. The van der Waals surface area contributed by atoms with Crippen molar-refractivity contribution in [2.75, 3.05) is 0 Å². The predicted octanol–water partition coefficient (Wildman–Crippen LogP) is -1.22. The van der Waals surface area contributed by atoms with Gasteiger partial charge in [0.25, 0.3) is 40.5 Å². The van der Waals surface area contributed by atoms with E-state index < -0.39 is 60.1 Å². The van der Waals surface area contributed by atoms with Crippen molar-refractivity contribution in [3.63, 3.8) is 0 Å². The zero-order valence-electron chi connectivity index (χ0n) is 15.9. The first kappa shape index (κ1) is 30.7. The van der Waals surface area contributed by atoms with Gasteiger partial charge in [0.1, 0.15) is 9.79 Å². The molecule has 0 aliphatic heterocycles. The van der Waals surface area contributed by atoms with E-state index in [1.807, 2.05) is 0 Å². The summed E-state index contributed by atoms with van der Waals surface area (Å²) in [5, 5.41) is -0.685. The monoisotopic (exact) mass is 568 g/mol. The van der Waals surface area contributed by atoms with Crippen molar-refractivity contribution in [2.24, 2.45) is 0 Å². The fraction of sp³-hybridized carbons (Fsp3) is 0. The molecule has 170 valence electrons. The van der Waals surface area contributed by atoms with Crippen LogP contribution in [-0.2, 0) is 40.5 Å². The Bertz CT molecular complexity index is 1300. The molecule has 0 spiro atoms. The van der Waals surface area contributed by atoms with Gasteiger partial charge >= 0.3 is 29.6 Å². The third-order valence-corrected chi connectivity index (χ3v) is 7.33. The number of hydrogen-bond acceptors (Lipinski definition) is 8. The van der Waals surface area contributed by atoms with Crippen LogP contribution in [0, 0.1) is 0 Å². The molecule has 0 bridgehead atoms. The summed E-state index contributed by atoms with van der Waals surface area (Å²) in [5.41, 5.74) is 0. The minimum Gasteiger partial charge on any atom is -1.00 e. The Hall–Kier alpha value is -0.340. The van der Waals surface area contributed by atoms with Gasteiger partial charge < -0.3 is 1.43 Å². The Kier molecular flexibility index (Phi) is 10.6. The van der Waals surface area contributed by atoms with E-state index in [0.29, 0.717) is 12.1 Å². The summed E-state index contributed by atoms with van der Waals surface area (Å²) in [6, 6.07) is 4.82. The van der Waals surface area contributed by atoms with Crippen LogP contribution in [0.5, 0.6) is 0 Å². The van der Waals surface area contributed by atoms with Crippen LogP contribution in [0.25, 0.3) is 0 Å². The Morgan fingerprint density at radius 3 is 1.00 bits per heavy atom. The third-order valence-electron chi connectivity index (χ3n) is 2.96. The molecule has 0 fully saturated rings. The van der Waals surface area contributed by atoms with Crippen LogP contribution in [0.4, 0.5) is 0 Å². The summed E-state index contributed by atoms with van der Waals surface area (Å²) in [7, 11) is -18.3. The van der Waals surface area contributed by atoms with Gasteiger partial charge in [-0.1, -0.05) is 23.2 Å². The van der Waals surface area contributed by atoms with E-state index in [4.69, 9.17) is 41.4 Å². The van der Waals surface area contributed by atoms with E-state index in [-0.39, 0.29) is 41.0 Å². The first-order valence-corrected chi connectivity index (χ1v) is 13.3. The van der Waals surface area contributed by atoms with Crippen molar-refractivity contribution in [2.45, 2.75) is 19.6 Å². The van der Waals surface area contributed by atoms with Gasteiger partial charge in [-0.2, -0.15) is 33.7 Å². The molecule has 0 heterocycles. The molecule has 0 saturated heterocycles. The van der Waals surface area contributed by atoms with Crippen LogP contribution in [0.2, 0.25) is 10.0 Å². The van der Waals surface area contributed by atoms with Gasteiger partial charge in [-0.3, -0.25) is 18.2 Å². The number of benzene rings is 2. The van der Waals surface area contributed by atoms with Gasteiger partial charge in [-0.05, 0) is 36.4 Å². The molecule has 0 aliphatic carbocycles. The minimum absolute atomic E-state index is 0. The third kappa shape index (κ3) is 9.20. The van der Waals surface area contributed by atoms with E-state index in [2.05, 4.69) is 0 Å². The second kappa shape index (κ2) is 10.7. The van der Waals surface area contributed by atoms with Crippen LogP contribution in [0.15, 0.2) is 56.0 Å². The van der Waals surface area contributed by atoms with Crippen LogP contribution < -0.4 is 29.6 Å². The Morgan fingerprint density at radius 2 is 0.806 bits per heavy atom. The van der Waals surface area contributed by atoms with Gasteiger partial charge in [0.15, 0.2) is 0 Å². The van der Waals surface area contributed by atoms with Crippen molar-refractivity contribution in [1.29, 1.82) is 0 Å². The SMILES string of the molecule is O=S(=O)(O)c1ccc(Cl)c(S(=O)(=O)O)c1.O=S(=O)(O)c1ccc(Cl)c(S(=O)(=O)O)c1.[H-].[Na+]. The molecule has 4 N–H and O–H groups in total. The van der Waals surface area contributed by atoms with Crippen molar-refractivity contribution < 1.29 is 82.9 Å². The molecule has 0 unspecified atom stereocenters. The second-order valence-corrected chi connectivity index (χ2v) is 11.5. The summed E-state index contributed by atoms with van der Waals surface area (Å²) in [5.74, 6) is 0. The largest absolute Gasteiger partial charge is 1.00 e. The molecule has 2 rings (SSSR count). The smallest absolute Gasteiger partial charge is 1.00 e. The summed E-state index contributed by atoms with van der Waals surface area (Å²) in [6.07, 6.45) is 0. The molecule has 0 radical (unpaired) electrons. The molecule has 19 heteroatoms. The maximum Gasteiger partial charge on any atom is 1.00 e. The minimum atomic E-state index is -4.62. The van der Waals surface area contributed by atoms with Gasteiger partial charge in [-0.15, -0.1) is 0 Å². The maximum absolute atomic E-state index is 10.7. The summed E-state index contributed by atoms with van der Waals surface area (Å²) in [4.78, 5) is -2.89. The Morgan fingerprint density at radius 1 is 0.548 bits per heavy atom. The fourth-order valence-corrected chi connectivity index (χ4v) is 4.85. The van der Waals surface area contributed by atoms with Crippen molar-refractivity contribution in [3.8, 4) is 0 Å². The summed E-state index contributed by atoms with van der Waals surface area (Å²) < 4.78 is 120. The topological polar surface area (TPSA) is 217 Å². The number of halogens is 2. The zero-order valence-corrected chi connectivity index (χ0v) is 21.7. The number of hydrogen-bond donors (Lipinski definition) is 4. The molecule has 12 nitrogen and oxygen atoms in total. The van der Waals surface area contributed by atoms with E-state index >= 15 is 0 Å². The molecule has 0 atom stereocenters. The quantitative estimate of drug-likeness (QED) is 0.252. The fourth-order valence-electron chi connectivity index (χ4n) is 1.68. The normalized spacial score (nSPS) is 12.3. The van der Waals surface area contributed by atoms with Crippen LogP contribution >= 0.6 is 23.2 Å². The zero-order chi connectivity index (χ0) is 23.7. The van der Waals surface area contributed by atoms with Gasteiger partial charge in [0.2, 0.25) is 0 Å². The summed E-state index contributed by atoms with van der Waals surface area (Å²) in [6.45, 7) is 0. The molecule has 0 aromatic heterocycles. The predicted molar refractivity (Wildman–Crippen MR) is 103 cm³/mol. The van der Waals surface area contributed by atoms with Crippen LogP contribution in [0.1, 0.15) is 1.43 Å². The van der Waals surface area contributed by atoms with Gasteiger partial charge in [0.05, 0.1) is 19.8 Å². The molecule has 0 saturated carbocycles. The molecule has 2 aromatic carbocycles. The van der Waals surface area contributed by atoms with Crippen LogP contribution in [-0.4, -0.2) is 51.9 Å². The molecule has 0 amide bonds. The maximum atomic E-state index is 10.7.